The molecule has 0 aromatic heterocycles. The molecule has 0 bridgehead atoms. The predicted octanol–water partition coefficient (Wildman–Crippen LogP) is 3.22. The molecule has 26 heavy (non-hydrogen) atoms. The highest BCUT2D eigenvalue weighted by Gasteiger charge is 2.37. The molecule has 0 radical (unpaired) electrons. The molecule has 2 aromatic rings. The average molecular weight is 376 g/mol. The van der Waals surface area contributed by atoms with E-state index in [1.54, 1.807) is 0 Å². The van der Waals surface area contributed by atoms with E-state index < -0.39 is 5.54 Å². The number of rotatable bonds is 4. The molecule has 4 N–H and O–H groups in total. The largest absolute Gasteiger partial charge is 0.347 e. The Kier molecular flexibility index (Phi) is 6.62. The monoisotopic (exact) mass is 375 g/mol. The van der Waals surface area contributed by atoms with E-state index in [2.05, 4.69) is 10.6 Å². The first-order chi connectivity index (χ1) is 12.0. The Morgan fingerprint density at radius 3 is 2.65 bits per heavy atom. The summed E-state index contributed by atoms with van der Waals surface area (Å²) in [6.07, 6.45) is 3.68. The highest BCUT2D eigenvalue weighted by molar-refractivity contribution is 6.03. The molecular weight excluding hydrogens is 350 g/mol. The molecule has 2 amide bonds. The number of hydrogen-bond donors (Lipinski definition) is 3. The van der Waals surface area contributed by atoms with Crippen LogP contribution in [0.4, 0.5) is 5.69 Å². The number of hydrogen-bond acceptors (Lipinski definition) is 3. The van der Waals surface area contributed by atoms with Crippen LogP contribution in [0.2, 0.25) is 0 Å². The normalized spacial score (nSPS) is 22.3. The third-order valence-electron chi connectivity index (χ3n) is 5.06. The molecule has 6 heteroatoms. The molecule has 3 rings (SSSR count). The highest BCUT2D eigenvalue weighted by atomic mass is 35.5. The van der Waals surface area contributed by atoms with Gasteiger partial charge in [-0.05, 0) is 31.2 Å². The molecule has 140 valence electrons. The van der Waals surface area contributed by atoms with Gasteiger partial charge in [-0.25, -0.2) is 0 Å². The van der Waals surface area contributed by atoms with E-state index >= 15 is 0 Å². The van der Waals surface area contributed by atoms with Gasteiger partial charge in [-0.1, -0.05) is 49.2 Å². The fraction of sp³-hybridized carbons (Fsp3) is 0.400. The van der Waals surface area contributed by atoms with Crippen molar-refractivity contribution >= 4 is 40.7 Å². The van der Waals surface area contributed by atoms with Crippen molar-refractivity contribution < 1.29 is 9.59 Å². The number of benzene rings is 2. The van der Waals surface area contributed by atoms with Crippen LogP contribution in [0.5, 0.6) is 0 Å². The van der Waals surface area contributed by atoms with E-state index in [-0.39, 0.29) is 36.7 Å². The summed E-state index contributed by atoms with van der Waals surface area (Å²) in [6, 6.07) is 13.6. The summed E-state index contributed by atoms with van der Waals surface area (Å²) in [7, 11) is 0. The van der Waals surface area contributed by atoms with Crippen LogP contribution in [0.25, 0.3) is 10.8 Å². The van der Waals surface area contributed by atoms with Gasteiger partial charge in [0.15, 0.2) is 0 Å². The molecule has 2 aromatic carbocycles. The molecular formula is C20H26ClN3O2. The van der Waals surface area contributed by atoms with E-state index in [9.17, 15) is 9.59 Å². The van der Waals surface area contributed by atoms with Gasteiger partial charge in [0.05, 0.1) is 12.5 Å². The Morgan fingerprint density at radius 1 is 1.15 bits per heavy atom. The minimum Gasteiger partial charge on any atom is -0.347 e. The number of carbonyl (C=O) groups excluding carboxylic acids is 2. The van der Waals surface area contributed by atoms with Gasteiger partial charge in [0.1, 0.15) is 0 Å². The average Bonchev–Trinajstić information content (AvgIpc) is 2.60. The van der Waals surface area contributed by atoms with Gasteiger partial charge in [-0.2, -0.15) is 0 Å². The van der Waals surface area contributed by atoms with Gasteiger partial charge in [-0.15, -0.1) is 12.4 Å². The van der Waals surface area contributed by atoms with E-state index in [1.165, 1.54) is 0 Å². The molecule has 0 aliphatic heterocycles. The van der Waals surface area contributed by atoms with E-state index in [1.807, 2.05) is 49.4 Å². The maximum absolute atomic E-state index is 12.4. The van der Waals surface area contributed by atoms with Crippen molar-refractivity contribution in [3.05, 3.63) is 42.5 Å². The first-order valence-electron chi connectivity index (χ1n) is 8.81. The quantitative estimate of drug-likeness (QED) is 0.767. The lowest BCUT2D eigenvalue weighted by Gasteiger charge is -2.37. The number of halogens is 1. The van der Waals surface area contributed by atoms with Crippen molar-refractivity contribution in [2.75, 3.05) is 11.9 Å². The van der Waals surface area contributed by atoms with Crippen molar-refractivity contribution in [3.63, 3.8) is 0 Å². The number of nitrogens with two attached hydrogens (primary N) is 1. The van der Waals surface area contributed by atoms with E-state index in [4.69, 9.17) is 5.73 Å². The zero-order valence-electron chi connectivity index (χ0n) is 15.0. The standard InChI is InChI=1S/C20H25N3O2.ClH/c1-20(21)12-5-4-10-16(20)19(25)22-13-18(24)23-17-11-6-8-14-7-2-3-9-15(14)17;/h2-3,6-9,11,16H,4-5,10,12-13,21H2,1H3,(H,22,25)(H,23,24);1H. The predicted molar refractivity (Wildman–Crippen MR) is 107 cm³/mol. The number of carbonyl (C=O) groups is 2. The lowest BCUT2D eigenvalue weighted by Crippen LogP contribution is -2.53. The molecule has 1 aliphatic rings. The minimum atomic E-state index is -0.492. The summed E-state index contributed by atoms with van der Waals surface area (Å²) in [5.74, 6) is -0.594. The van der Waals surface area contributed by atoms with Crippen LogP contribution in [0, 0.1) is 5.92 Å². The molecule has 5 nitrogen and oxygen atoms in total. The zero-order valence-corrected chi connectivity index (χ0v) is 15.8. The summed E-state index contributed by atoms with van der Waals surface area (Å²) in [4.78, 5) is 24.7. The fourth-order valence-corrected chi connectivity index (χ4v) is 3.61. The van der Waals surface area contributed by atoms with Crippen LogP contribution >= 0.6 is 12.4 Å². The van der Waals surface area contributed by atoms with Crippen molar-refractivity contribution in [1.29, 1.82) is 0 Å². The van der Waals surface area contributed by atoms with Gasteiger partial charge < -0.3 is 16.4 Å². The summed E-state index contributed by atoms with van der Waals surface area (Å²) in [6.45, 7) is 1.88. The maximum Gasteiger partial charge on any atom is 0.243 e. The maximum atomic E-state index is 12.4. The van der Waals surface area contributed by atoms with Crippen LogP contribution in [-0.4, -0.2) is 23.9 Å². The molecule has 1 saturated carbocycles. The number of fused-ring (bicyclic) bond motifs is 1. The van der Waals surface area contributed by atoms with Crippen LogP contribution in [0.15, 0.2) is 42.5 Å². The molecule has 1 fully saturated rings. The number of nitrogens with one attached hydrogen (secondary N) is 2. The first-order valence-corrected chi connectivity index (χ1v) is 8.81. The van der Waals surface area contributed by atoms with E-state index in [0.29, 0.717) is 0 Å². The molecule has 0 saturated heterocycles. The van der Waals surface area contributed by atoms with Gasteiger partial charge >= 0.3 is 0 Å². The topological polar surface area (TPSA) is 84.2 Å². The van der Waals surface area contributed by atoms with Gasteiger partial charge in [0, 0.05) is 16.6 Å². The van der Waals surface area contributed by atoms with Crippen LogP contribution in [0.3, 0.4) is 0 Å². The molecule has 2 unspecified atom stereocenters. The van der Waals surface area contributed by atoms with Crippen LogP contribution < -0.4 is 16.4 Å². The summed E-state index contributed by atoms with van der Waals surface area (Å²) >= 11 is 0. The van der Waals surface area contributed by atoms with Crippen molar-refractivity contribution in [1.82, 2.24) is 5.32 Å². The molecule has 0 spiro atoms. The molecule has 1 aliphatic carbocycles. The Morgan fingerprint density at radius 2 is 1.88 bits per heavy atom. The smallest absolute Gasteiger partial charge is 0.243 e. The zero-order chi connectivity index (χ0) is 17.9. The van der Waals surface area contributed by atoms with Gasteiger partial charge in [0.25, 0.3) is 0 Å². The minimum absolute atomic E-state index is 0. The van der Waals surface area contributed by atoms with Crippen molar-refractivity contribution in [3.8, 4) is 0 Å². The lowest BCUT2D eigenvalue weighted by atomic mass is 9.74. The van der Waals surface area contributed by atoms with E-state index in [0.717, 1.165) is 42.1 Å². The second-order valence-electron chi connectivity index (χ2n) is 7.10. The summed E-state index contributed by atoms with van der Waals surface area (Å²) < 4.78 is 0. The summed E-state index contributed by atoms with van der Waals surface area (Å²) in [5, 5.41) is 7.66. The van der Waals surface area contributed by atoms with Crippen molar-refractivity contribution in [2.45, 2.75) is 38.1 Å². The van der Waals surface area contributed by atoms with Gasteiger partial charge in [0.2, 0.25) is 11.8 Å². The molecule has 2 atom stereocenters. The highest BCUT2D eigenvalue weighted by Crippen LogP contribution is 2.31. The summed E-state index contributed by atoms with van der Waals surface area (Å²) in [5.41, 5.74) is 6.51. The van der Waals surface area contributed by atoms with Crippen molar-refractivity contribution in [2.24, 2.45) is 11.7 Å². The third kappa shape index (κ3) is 4.54. The Labute approximate surface area is 160 Å². The fourth-order valence-electron chi connectivity index (χ4n) is 3.61. The lowest BCUT2D eigenvalue weighted by molar-refractivity contribution is -0.130. The number of anilines is 1. The molecule has 0 heterocycles. The second kappa shape index (κ2) is 8.52. The Bertz CT molecular complexity index is 786. The SMILES string of the molecule is CC1(N)CCCCC1C(=O)NCC(=O)Nc1cccc2ccccc12.Cl. The Balaban J connectivity index is 0.00000243. The Hall–Kier alpha value is -2.11. The number of amides is 2. The van der Waals surface area contributed by atoms with Crippen LogP contribution in [0.1, 0.15) is 32.6 Å². The van der Waals surface area contributed by atoms with Gasteiger partial charge in [-0.3, -0.25) is 9.59 Å². The second-order valence-corrected chi connectivity index (χ2v) is 7.10. The third-order valence-corrected chi connectivity index (χ3v) is 5.06. The van der Waals surface area contributed by atoms with Crippen LogP contribution in [-0.2, 0) is 9.59 Å². The first kappa shape index (κ1) is 20.2.